The smallest absolute Gasteiger partial charge is 0.230 e. The molecule has 2 aliphatic rings. The number of nitrogens with one attached hydrogen (secondary N) is 1. The zero-order chi connectivity index (χ0) is 22.3. The maximum atomic E-state index is 14.4. The summed E-state index contributed by atoms with van der Waals surface area (Å²) >= 11 is 0. The van der Waals surface area contributed by atoms with Crippen molar-refractivity contribution in [1.29, 1.82) is 0 Å². The molecule has 1 saturated carbocycles. The molecule has 2 aromatic rings. The quantitative estimate of drug-likeness (QED) is 0.747. The Kier molecular flexibility index (Phi) is 5.65. The Morgan fingerprint density at radius 3 is 2.48 bits per heavy atom. The zero-order valence-corrected chi connectivity index (χ0v) is 17.5. The maximum Gasteiger partial charge on any atom is 0.230 e. The fourth-order valence-corrected chi connectivity index (χ4v) is 4.46. The number of hydrogen-bond acceptors (Lipinski definition) is 6. The first kappa shape index (κ1) is 21.6. The molecular weight excluding hydrogens is 435 g/mol. The molecule has 1 aromatic carbocycles. The van der Waals surface area contributed by atoms with E-state index in [0.29, 0.717) is 36.4 Å². The molecule has 11 heteroatoms. The number of halogens is 3. The molecule has 0 spiro atoms. The fraction of sp³-hybridized carbons (Fsp3) is 0.400. The minimum atomic E-state index is -3.28. The second-order valence-corrected chi connectivity index (χ2v) is 9.55. The third-order valence-corrected chi connectivity index (χ3v) is 5.82. The highest BCUT2D eigenvalue weighted by molar-refractivity contribution is 7.88. The number of hydrogen-bond donors (Lipinski definition) is 1. The molecule has 1 aliphatic heterocycles. The summed E-state index contributed by atoms with van der Waals surface area (Å²) < 4.78 is 72.9. The molecule has 0 unspecified atom stereocenters. The Morgan fingerprint density at radius 1 is 1.16 bits per heavy atom. The number of aryl methyl sites for hydroxylation is 1. The van der Waals surface area contributed by atoms with Crippen molar-refractivity contribution >= 4 is 15.9 Å². The lowest BCUT2D eigenvalue weighted by Crippen LogP contribution is -2.47. The van der Waals surface area contributed by atoms with Crippen LogP contribution < -0.4 is 4.72 Å². The van der Waals surface area contributed by atoms with Crippen LogP contribution in [0.3, 0.4) is 0 Å². The van der Waals surface area contributed by atoms with Gasteiger partial charge in [0.1, 0.15) is 23.6 Å². The maximum absolute atomic E-state index is 14.4. The van der Waals surface area contributed by atoms with Gasteiger partial charge in [-0.3, -0.25) is 4.98 Å². The van der Waals surface area contributed by atoms with Crippen LogP contribution in [0.15, 0.2) is 29.6 Å². The van der Waals surface area contributed by atoms with Gasteiger partial charge >= 0.3 is 0 Å². The van der Waals surface area contributed by atoms with E-state index in [1.807, 2.05) is 0 Å². The van der Waals surface area contributed by atoms with Gasteiger partial charge in [0.25, 0.3) is 0 Å². The van der Waals surface area contributed by atoms with Crippen LogP contribution >= 0.6 is 0 Å². The Morgan fingerprint density at radius 2 is 1.84 bits per heavy atom. The van der Waals surface area contributed by atoms with E-state index in [1.54, 1.807) is 13.0 Å². The van der Waals surface area contributed by atoms with Crippen LogP contribution in [0.25, 0.3) is 11.1 Å². The van der Waals surface area contributed by atoms with Gasteiger partial charge in [0, 0.05) is 42.8 Å². The minimum Gasteiger partial charge on any atom is -0.475 e. The first-order valence-electron chi connectivity index (χ1n) is 9.57. The second kappa shape index (κ2) is 8.12. The zero-order valence-electron chi connectivity index (χ0n) is 16.7. The highest BCUT2D eigenvalue weighted by Gasteiger charge is 2.36. The summed E-state index contributed by atoms with van der Waals surface area (Å²) in [5.41, 5.74) is 0.676. The van der Waals surface area contributed by atoms with E-state index in [0.717, 1.165) is 6.26 Å². The molecule has 1 aromatic heterocycles. The van der Waals surface area contributed by atoms with Gasteiger partial charge in [-0.05, 0) is 18.6 Å². The number of oxime groups is 1. The predicted molar refractivity (Wildman–Crippen MR) is 106 cm³/mol. The van der Waals surface area contributed by atoms with Gasteiger partial charge in [-0.2, -0.15) is 0 Å². The van der Waals surface area contributed by atoms with E-state index in [-0.39, 0.29) is 35.4 Å². The summed E-state index contributed by atoms with van der Waals surface area (Å²) in [5, 5.41) is 3.90. The average molecular weight is 455 g/mol. The molecule has 4 rings (SSSR count). The van der Waals surface area contributed by atoms with Crippen molar-refractivity contribution in [3.63, 3.8) is 0 Å². The van der Waals surface area contributed by atoms with Crippen molar-refractivity contribution in [2.24, 2.45) is 5.16 Å². The van der Waals surface area contributed by atoms with Crippen LogP contribution in [0.5, 0.6) is 0 Å². The highest BCUT2D eigenvalue weighted by atomic mass is 32.2. The fourth-order valence-electron chi connectivity index (χ4n) is 3.66. The van der Waals surface area contributed by atoms with Crippen LogP contribution in [-0.2, 0) is 19.6 Å². The van der Waals surface area contributed by atoms with Crippen molar-refractivity contribution in [3.05, 3.63) is 53.1 Å². The molecule has 0 saturated heterocycles. The topological polar surface area (TPSA) is 89.9 Å². The van der Waals surface area contributed by atoms with Crippen LogP contribution in [0.2, 0.25) is 0 Å². The summed E-state index contributed by atoms with van der Waals surface area (Å²) in [6.45, 7) is 1.72. The molecule has 1 aliphatic carbocycles. The Hall–Kier alpha value is -2.66. The number of ether oxygens (including phenoxy) is 1. The van der Waals surface area contributed by atoms with Crippen molar-refractivity contribution in [2.45, 2.75) is 44.4 Å². The standard InChI is InChI=1S/C20H20F3N3O4S/c1-10-3-14(19-15(22)4-11(21)5-16(19)23)20(24-9-10)17-8-18(25-30-17)29-13-6-12(7-13)26-31(2,27)28/h3-5,9,12-13,17,26H,6-8H2,1-2H3/t12?,13?,17-/m0/s1. The van der Waals surface area contributed by atoms with Gasteiger partial charge in [0.05, 0.1) is 23.9 Å². The van der Waals surface area contributed by atoms with Crippen molar-refractivity contribution in [3.8, 4) is 11.1 Å². The summed E-state index contributed by atoms with van der Waals surface area (Å²) in [6, 6.07) is 2.59. The van der Waals surface area contributed by atoms with Crippen LogP contribution in [0, 0.1) is 24.4 Å². The number of pyridine rings is 1. The van der Waals surface area contributed by atoms with Crippen molar-refractivity contribution in [2.75, 3.05) is 6.26 Å². The monoisotopic (exact) mass is 455 g/mol. The van der Waals surface area contributed by atoms with Gasteiger partial charge in [-0.1, -0.05) is 5.16 Å². The lowest BCUT2D eigenvalue weighted by atomic mass is 9.90. The third kappa shape index (κ3) is 4.82. The lowest BCUT2D eigenvalue weighted by molar-refractivity contribution is 0.0741. The summed E-state index contributed by atoms with van der Waals surface area (Å²) in [5.74, 6) is -2.80. The Balaban J connectivity index is 1.48. The molecule has 0 amide bonds. The normalized spacial score (nSPS) is 23.1. The molecule has 0 radical (unpaired) electrons. The average Bonchev–Trinajstić information content (AvgIpc) is 3.06. The summed E-state index contributed by atoms with van der Waals surface area (Å²) in [4.78, 5) is 9.69. The molecular formula is C20H20F3N3O4S. The first-order chi connectivity index (χ1) is 14.6. The molecule has 31 heavy (non-hydrogen) atoms. The van der Waals surface area contributed by atoms with Gasteiger partial charge < -0.3 is 9.57 Å². The molecule has 1 N–H and O–H groups in total. The summed E-state index contributed by atoms with van der Waals surface area (Å²) in [7, 11) is -3.28. The first-order valence-corrected chi connectivity index (χ1v) is 11.5. The molecule has 7 nitrogen and oxygen atoms in total. The minimum absolute atomic E-state index is 0.150. The van der Waals surface area contributed by atoms with Crippen molar-refractivity contribution < 1.29 is 31.2 Å². The number of benzene rings is 1. The molecule has 1 fully saturated rings. The Labute approximate surface area is 177 Å². The lowest BCUT2D eigenvalue weighted by Gasteiger charge is -2.34. The van der Waals surface area contributed by atoms with Crippen LogP contribution in [0.4, 0.5) is 13.2 Å². The highest BCUT2D eigenvalue weighted by Crippen LogP contribution is 2.37. The van der Waals surface area contributed by atoms with E-state index in [2.05, 4.69) is 14.9 Å². The number of aromatic nitrogens is 1. The van der Waals surface area contributed by atoms with Gasteiger partial charge in [-0.15, -0.1) is 0 Å². The SMILES string of the molecule is Cc1cnc([C@@H]2CC(OC3CC(NS(C)(=O)=O)C3)=NO2)c(-c2c(F)cc(F)cc2F)c1. The van der Waals surface area contributed by atoms with Crippen molar-refractivity contribution in [1.82, 2.24) is 9.71 Å². The van der Waals surface area contributed by atoms with Crippen LogP contribution in [0.1, 0.15) is 36.6 Å². The van der Waals surface area contributed by atoms with Gasteiger partial charge in [-0.25, -0.2) is 26.3 Å². The van der Waals surface area contributed by atoms with Gasteiger partial charge in [0.15, 0.2) is 6.10 Å². The summed E-state index contributed by atoms with van der Waals surface area (Å²) in [6.07, 6.45) is 2.87. The van der Waals surface area contributed by atoms with E-state index >= 15 is 0 Å². The number of sulfonamides is 1. The predicted octanol–water partition coefficient (Wildman–Crippen LogP) is 3.35. The number of rotatable bonds is 5. The number of nitrogens with zero attached hydrogens (tertiary/aromatic N) is 2. The molecule has 2 heterocycles. The van der Waals surface area contributed by atoms with E-state index in [9.17, 15) is 21.6 Å². The Bertz CT molecular complexity index is 1130. The van der Waals surface area contributed by atoms with E-state index < -0.39 is 33.6 Å². The second-order valence-electron chi connectivity index (χ2n) is 7.77. The van der Waals surface area contributed by atoms with E-state index in [4.69, 9.17) is 9.57 Å². The third-order valence-electron chi connectivity index (χ3n) is 5.06. The largest absolute Gasteiger partial charge is 0.475 e. The molecule has 166 valence electrons. The van der Waals surface area contributed by atoms with Gasteiger partial charge in [0.2, 0.25) is 15.9 Å². The molecule has 1 atom stereocenters. The molecule has 0 bridgehead atoms. The van der Waals surface area contributed by atoms with E-state index in [1.165, 1.54) is 6.20 Å². The van der Waals surface area contributed by atoms with Crippen LogP contribution in [-0.4, -0.2) is 37.7 Å².